The molecule has 0 bridgehead atoms. The molecule has 0 aliphatic heterocycles. The van der Waals surface area contributed by atoms with Gasteiger partial charge in [-0.15, -0.1) is 11.3 Å². The number of nitrogens with zero attached hydrogens (tertiary/aromatic N) is 5. The second-order valence-corrected chi connectivity index (χ2v) is 7.19. The summed E-state index contributed by atoms with van der Waals surface area (Å²) in [7, 11) is 0. The summed E-state index contributed by atoms with van der Waals surface area (Å²) in [4.78, 5) is 29.1. The largest absolute Gasteiger partial charge is 0.439 e. The van der Waals surface area contributed by atoms with Crippen molar-refractivity contribution in [2.75, 3.05) is 5.32 Å². The summed E-state index contributed by atoms with van der Waals surface area (Å²) in [5, 5.41) is 2.89. The van der Waals surface area contributed by atoms with Crippen LogP contribution in [0.2, 0.25) is 0 Å². The van der Waals surface area contributed by atoms with E-state index in [1.165, 1.54) is 17.7 Å². The highest BCUT2D eigenvalue weighted by molar-refractivity contribution is 7.16. The van der Waals surface area contributed by atoms with E-state index in [-0.39, 0.29) is 5.91 Å². The first-order chi connectivity index (χ1) is 14.7. The van der Waals surface area contributed by atoms with Gasteiger partial charge in [0, 0.05) is 29.7 Å². The highest BCUT2D eigenvalue weighted by Gasteiger charge is 2.09. The number of hydrogen-bond acceptors (Lipinski definition) is 7. The zero-order valence-corrected chi connectivity index (χ0v) is 16.3. The molecule has 1 amide bonds. The number of nitrogens with one attached hydrogen (secondary N) is 1. The van der Waals surface area contributed by atoms with Crippen LogP contribution >= 0.6 is 11.3 Å². The van der Waals surface area contributed by atoms with Crippen LogP contribution in [0.3, 0.4) is 0 Å². The summed E-state index contributed by atoms with van der Waals surface area (Å²) >= 11 is 1.51. The number of carbonyl (C=O) groups excluding carboxylic acids is 1. The molecule has 1 N–H and O–H groups in total. The van der Waals surface area contributed by atoms with Crippen LogP contribution in [0.25, 0.3) is 16.0 Å². The average molecular weight is 414 g/mol. The van der Waals surface area contributed by atoms with Crippen LogP contribution < -0.4 is 10.1 Å². The number of imidazole rings is 1. The molecule has 9 heteroatoms. The van der Waals surface area contributed by atoms with Crippen molar-refractivity contribution in [3.63, 3.8) is 0 Å². The van der Waals surface area contributed by atoms with E-state index in [4.69, 9.17) is 4.74 Å². The van der Waals surface area contributed by atoms with Crippen molar-refractivity contribution in [2.24, 2.45) is 0 Å². The molecule has 0 saturated carbocycles. The van der Waals surface area contributed by atoms with Crippen LogP contribution in [0.1, 0.15) is 10.4 Å². The fraction of sp³-hybridized carbons (Fsp3) is 0. The fourth-order valence-electron chi connectivity index (χ4n) is 2.85. The molecule has 8 nitrogen and oxygen atoms in total. The van der Waals surface area contributed by atoms with E-state index >= 15 is 0 Å². The minimum atomic E-state index is -0.181. The molecule has 2 aromatic carbocycles. The SMILES string of the molecule is O=C(Nc1ccc(Oc2cc(-n3ccnc3)ncn2)cc1)c1ccc2ncsc2c1. The lowest BCUT2D eigenvalue weighted by molar-refractivity contribution is 0.102. The van der Waals surface area contributed by atoms with Gasteiger partial charge in [0.25, 0.3) is 5.91 Å². The van der Waals surface area contributed by atoms with Crippen molar-refractivity contribution in [2.45, 2.75) is 0 Å². The Balaban J connectivity index is 1.27. The van der Waals surface area contributed by atoms with Crippen molar-refractivity contribution in [1.82, 2.24) is 24.5 Å². The topological polar surface area (TPSA) is 94.8 Å². The molecular formula is C21H14N6O2S. The number of thiazole rings is 1. The summed E-state index contributed by atoms with van der Waals surface area (Å²) in [5.74, 6) is 1.47. The predicted octanol–water partition coefficient (Wildman–Crippen LogP) is 4.32. The Bertz CT molecular complexity index is 1320. The molecule has 30 heavy (non-hydrogen) atoms. The van der Waals surface area contributed by atoms with E-state index in [0.29, 0.717) is 28.7 Å². The first-order valence-corrected chi connectivity index (χ1v) is 9.85. The van der Waals surface area contributed by atoms with Crippen molar-refractivity contribution in [3.8, 4) is 17.4 Å². The summed E-state index contributed by atoms with van der Waals surface area (Å²) in [5.41, 5.74) is 3.90. The average Bonchev–Trinajstić information content (AvgIpc) is 3.47. The van der Waals surface area contributed by atoms with Gasteiger partial charge in [-0.25, -0.2) is 19.9 Å². The number of aromatic nitrogens is 5. The van der Waals surface area contributed by atoms with Crippen molar-refractivity contribution >= 4 is 33.1 Å². The maximum absolute atomic E-state index is 12.5. The van der Waals surface area contributed by atoms with Gasteiger partial charge in [-0.05, 0) is 42.5 Å². The van der Waals surface area contributed by atoms with Crippen molar-refractivity contribution < 1.29 is 9.53 Å². The van der Waals surface area contributed by atoms with E-state index in [1.54, 1.807) is 65.2 Å². The number of hydrogen-bond donors (Lipinski definition) is 1. The van der Waals surface area contributed by atoms with Gasteiger partial charge >= 0.3 is 0 Å². The molecular weight excluding hydrogens is 400 g/mol. The van der Waals surface area contributed by atoms with Crippen molar-refractivity contribution in [1.29, 1.82) is 0 Å². The van der Waals surface area contributed by atoms with E-state index in [1.807, 2.05) is 12.1 Å². The number of anilines is 1. The van der Waals surface area contributed by atoms with E-state index < -0.39 is 0 Å². The van der Waals surface area contributed by atoms with Crippen LogP contribution in [0.5, 0.6) is 11.6 Å². The van der Waals surface area contributed by atoms with E-state index in [2.05, 4.69) is 25.3 Å². The number of amides is 1. The minimum absolute atomic E-state index is 0.181. The Morgan fingerprint density at radius 1 is 1.03 bits per heavy atom. The normalized spacial score (nSPS) is 10.8. The number of ether oxygens (including phenoxy) is 1. The van der Waals surface area contributed by atoms with Crippen LogP contribution in [0, 0.1) is 0 Å². The van der Waals surface area contributed by atoms with Gasteiger partial charge in [0.2, 0.25) is 5.88 Å². The molecule has 0 unspecified atom stereocenters. The zero-order chi connectivity index (χ0) is 20.3. The molecule has 0 aliphatic carbocycles. The van der Waals surface area contributed by atoms with Crippen LogP contribution in [-0.4, -0.2) is 30.4 Å². The first kappa shape index (κ1) is 18.0. The third-order valence-electron chi connectivity index (χ3n) is 4.32. The second kappa shape index (κ2) is 7.72. The molecule has 0 saturated heterocycles. The van der Waals surface area contributed by atoms with Gasteiger partial charge in [-0.2, -0.15) is 0 Å². The highest BCUT2D eigenvalue weighted by Crippen LogP contribution is 2.23. The third-order valence-corrected chi connectivity index (χ3v) is 5.12. The maximum atomic E-state index is 12.5. The molecule has 146 valence electrons. The molecule has 3 aromatic heterocycles. The number of fused-ring (bicyclic) bond motifs is 1. The third kappa shape index (κ3) is 3.74. The highest BCUT2D eigenvalue weighted by atomic mass is 32.1. The van der Waals surface area contributed by atoms with Gasteiger partial charge in [0.15, 0.2) is 0 Å². The van der Waals surface area contributed by atoms with Gasteiger partial charge in [-0.3, -0.25) is 9.36 Å². The lowest BCUT2D eigenvalue weighted by Crippen LogP contribution is -2.11. The zero-order valence-electron chi connectivity index (χ0n) is 15.5. The number of carbonyl (C=O) groups is 1. The molecule has 5 aromatic rings. The lowest BCUT2D eigenvalue weighted by atomic mass is 10.2. The van der Waals surface area contributed by atoms with Gasteiger partial charge in [-0.1, -0.05) is 0 Å². The smallest absolute Gasteiger partial charge is 0.255 e. The van der Waals surface area contributed by atoms with E-state index in [9.17, 15) is 4.79 Å². The maximum Gasteiger partial charge on any atom is 0.255 e. The molecule has 0 aliphatic rings. The molecule has 5 rings (SSSR count). The monoisotopic (exact) mass is 414 g/mol. The number of benzene rings is 2. The predicted molar refractivity (Wildman–Crippen MR) is 113 cm³/mol. The van der Waals surface area contributed by atoms with Crippen LogP contribution in [0.4, 0.5) is 5.69 Å². The van der Waals surface area contributed by atoms with Crippen molar-refractivity contribution in [3.05, 3.63) is 84.7 Å². The number of rotatable bonds is 5. The summed E-state index contributed by atoms with van der Waals surface area (Å²) in [6, 6.07) is 14.2. The van der Waals surface area contributed by atoms with Gasteiger partial charge in [0.05, 0.1) is 15.7 Å². The Kier molecular flexibility index (Phi) is 4.62. The standard InChI is InChI=1S/C21H14N6O2S/c28-21(14-1-6-17-18(9-14)30-13-25-17)26-15-2-4-16(5-3-15)29-20-10-19(23-11-24-20)27-8-7-22-12-27/h1-13H,(H,26,28). The molecule has 0 atom stereocenters. The summed E-state index contributed by atoms with van der Waals surface area (Å²) in [6.07, 6.45) is 6.54. The Labute approximate surface area is 174 Å². The summed E-state index contributed by atoms with van der Waals surface area (Å²) in [6.45, 7) is 0. The quantitative estimate of drug-likeness (QED) is 0.460. The Morgan fingerprint density at radius 3 is 2.77 bits per heavy atom. The fourth-order valence-corrected chi connectivity index (χ4v) is 3.56. The molecule has 3 heterocycles. The van der Waals surface area contributed by atoms with Crippen LogP contribution in [-0.2, 0) is 0 Å². The minimum Gasteiger partial charge on any atom is -0.439 e. The molecule has 0 radical (unpaired) electrons. The first-order valence-electron chi connectivity index (χ1n) is 8.97. The Morgan fingerprint density at radius 2 is 1.93 bits per heavy atom. The lowest BCUT2D eigenvalue weighted by Gasteiger charge is -2.08. The molecule has 0 spiro atoms. The Hall–Kier alpha value is -4.11. The van der Waals surface area contributed by atoms with Gasteiger partial charge in [0.1, 0.15) is 24.2 Å². The molecule has 0 fully saturated rings. The van der Waals surface area contributed by atoms with Gasteiger partial charge < -0.3 is 10.1 Å². The second-order valence-electron chi connectivity index (χ2n) is 6.30. The van der Waals surface area contributed by atoms with Crippen LogP contribution in [0.15, 0.2) is 79.1 Å². The summed E-state index contributed by atoms with van der Waals surface area (Å²) < 4.78 is 8.54. The van der Waals surface area contributed by atoms with E-state index in [0.717, 1.165) is 10.2 Å².